The molecule has 0 amide bonds. The molecule has 1 fully saturated rings. The monoisotopic (exact) mass is 207 g/mol. The molecule has 0 saturated carbocycles. The second-order valence-corrected chi connectivity index (χ2v) is 4.80. The van der Waals surface area contributed by atoms with Crippen LogP contribution >= 0.6 is 0 Å². The highest BCUT2D eigenvalue weighted by Gasteiger charge is 2.33. The Morgan fingerprint density at radius 3 is 2.60 bits per heavy atom. The maximum atomic E-state index is 14.0. The summed E-state index contributed by atoms with van der Waals surface area (Å²) in [6.45, 7) is 7.02. The number of rotatable bonds is 1. The number of aryl methyl sites for hydroxylation is 2. The minimum atomic E-state index is -0.165. The molecular formula is C13H18FN. The Labute approximate surface area is 90.7 Å². The first kappa shape index (κ1) is 10.6. The van der Waals surface area contributed by atoms with Crippen molar-refractivity contribution < 1.29 is 4.39 Å². The zero-order chi connectivity index (χ0) is 11.1. The molecule has 1 aromatic carbocycles. The predicted molar refractivity (Wildman–Crippen MR) is 60.5 cm³/mol. The fourth-order valence-electron chi connectivity index (χ4n) is 2.72. The molecule has 1 aliphatic rings. The van der Waals surface area contributed by atoms with Gasteiger partial charge in [-0.3, -0.25) is 0 Å². The van der Waals surface area contributed by atoms with E-state index in [0.717, 1.165) is 36.1 Å². The summed E-state index contributed by atoms with van der Waals surface area (Å²) in [5.74, 6) is -0.0654. The molecule has 1 aromatic rings. The molecule has 0 bridgehead atoms. The first-order valence-electron chi connectivity index (χ1n) is 5.55. The van der Waals surface area contributed by atoms with Gasteiger partial charge in [0.2, 0.25) is 0 Å². The van der Waals surface area contributed by atoms with Gasteiger partial charge in [-0.15, -0.1) is 0 Å². The van der Waals surface area contributed by atoms with Crippen molar-refractivity contribution in [2.75, 3.05) is 6.54 Å². The summed E-state index contributed by atoms with van der Waals surface area (Å²) in [6.07, 6.45) is 2.15. The molecule has 1 saturated heterocycles. The van der Waals surface area contributed by atoms with Gasteiger partial charge in [0.25, 0.3) is 0 Å². The maximum absolute atomic E-state index is 14.0. The number of hydrogen-bond donors (Lipinski definition) is 1. The summed E-state index contributed by atoms with van der Waals surface area (Å²) in [7, 11) is 0. The number of nitrogens with one attached hydrogen (secondary N) is 1. The summed E-state index contributed by atoms with van der Waals surface area (Å²) in [6, 6.07) is 3.69. The largest absolute Gasteiger partial charge is 0.308 e. The van der Waals surface area contributed by atoms with Crippen molar-refractivity contribution in [1.29, 1.82) is 0 Å². The predicted octanol–water partition coefficient (Wildman–Crippen LogP) is 3.04. The number of halogens is 1. The van der Waals surface area contributed by atoms with Crippen molar-refractivity contribution >= 4 is 0 Å². The maximum Gasteiger partial charge on any atom is 0.128 e. The van der Waals surface area contributed by atoms with Crippen LogP contribution in [0.25, 0.3) is 0 Å². The lowest BCUT2D eigenvalue weighted by molar-refractivity contribution is 0.408. The van der Waals surface area contributed by atoms with Crippen LogP contribution in [0.2, 0.25) is 0 Å². The van der Waals surface area contributed by atoms with Gasteiger partial charge in [-0.25, -0.2) is 4.39 Å². The third-order valence-electron chi connectivity index (χ3n) is 3.35. The SMILES string of the molecule is Cc1cc(C)c(C2(C)CCCN2)c(F)c1. The van der Waals surface area contributed by atoms with Crippen LogP contribution in [0.1, 0.15) is 36.5 Å². The molecule has 0 radical (unpaired) electrons. The standard InChI is InChI=1S/C13H18FN/c1-9-7-10(2)12(11(14)8-9)13(3)5-4-6-15-13/h7-8,15H,4-6H2,1-3H3. The highest BCUT2D eigenvalue weighted by Crippen LogP contribution is 2.34. The van der Waals surface area contributed by atoms with Crippen molar-refractivity contribution in [2.24, 2.45) is 0 Å². The smallest absolute Gasteiger partial charge is 0.128 e. The molecule has 1 nitrogen and oxygen atoms in total. The molecular weight excluding hydrogens is 189 g/mol. The zero-order valence-electron chi connectivity index (χ0n) is 9.65. The third kappa shape index (κ3) is 1.78. The zero-order valence-corrected chi connectivity index (χ0v) is 9.65. The number of benzene rings is 1. The van der Waals surface area contributed by atoms with Gasteiger partial charge in [-0.1, -0.05) is 6.07 Å². The van der Waals surface area contributed by atoms with Crippen LogP contribution in [0.15, 0.2) is 12.1 Å². The van der Waals surface area contributed by atoms with Crippen LogP contribution in [0.5, 0.6) is 0 Å². The molecule has 0 aliphatic carbocycles. The second-order valence-electron chi connectivity index (χ2n) is 4.80. The molecule has 82 valence electrons. The van der Waals surface area contributed by atoms with E-state index in [1.54, 1.807) is 6.07 Å². The summed E-state index contributed by atoms with van der Waals surface area (Å²) >= 11 is 0. The Kier molecular flexibility index (Phi) is 2.55. The van der Waals surface area contributed by atoms with Crippen molar-refractivity contribution in [3.05, 3.63) is 34.6 Å². The molecule has 1 unspecified atom stereocenters. The van der Waals surface area contributed by atoms with Gasteiger partial charge in [-0.2, -0.15) is 0 Å². The van der Waals surface area contributed by atoms with Crippen molar-refractivity contribution in [1.82, 2.24) is 5.32 Å². The summed E-state index contributed by atoms with van der Waals surface area (Å²) in [5, 5.41) is 3.41. The van der Waals surface area contributed by atoms with Gasteiger partial charge in [-0.05, 0) is 57.4 Å². The Balaban J connectivity index is 2.52. The third-order valence-corrected chi connectivity index (χ3v) is 3.35. The van der Waals surface area contributed by atoms with E-state index in [9.17, 15) is 4.39 Å². The van der Waals surface area contributed by atoms with Crippen LogP contribution in [0, 0.1) is 19.7 Å². The van der Waals surface area contributed by atoms with Crippen LogP contribution in [-0.2, 0) is 5.54 Å². The van der Waals surface area contributed by atoms with Crippen molar-refractivity contribution in [2.45, 2.75) is 39.2 Å². The lowest BCUT2D eigenvalue weighted by Gasteiger charge is -2.27. The van der Waals surface area contributed by atoms with Crippen LogP contribution in [-0.4, -0.2) is 6.54 Å². The normalized spacial score (nSPS) is 25.9. The van der Waals surface area contributed by atoms with E-state index in [0.29, 0.717) is 0 Å². The Morgan fingerprint density at radius 1 is 1.33 bits per heavy atom. The van der Waals surface area contributed by atoms with E-state index in [-0.39, 0.29) is 11.4 Å². The second kappa shape index (κ2) is 3.60. The summed E-state index contributed by atoms with van der Waals surface area (Å²) in [5.41, 5.74) is 2.74. The van der Waals surface area contributed by atoms with Crippen molar-refractivity contribution in [3.8, 4) is 0 Å². The first-order chi connectivity index (χ1) is 7.03. The summed E-state index contributed by atoms with van der Waals surface area (Å²) < 4.78 is 14.0. The molecule has 2 heteroatoms. The lowest BCUT2D eigenvalue weighted by Crippen LogP contribution is -2.35. The molecule has 2 rings (SSSR count). The molecule has 15 heavy (non-hydrogen) atoms. The highest BCUT2D eigenvalue weighted by molar-refractivity contribution is 5.37. The van der Waals surface area contributed by atoms with Gasteiger partial charge in [0, 0.05) is 11.1 Å². The molecule has 1 N–H and O–H groups in total. The lowest BCUT2D eigenvalue weighted by atomic mass is 9.86. The molecule has 1 aliphatic heterocycles. The minimum absolute atomic E-state index is 0.0654. The Bertz CT molecular complexity index is 355. The fraction of sp³-hybridized carbons (Fsp3) is 0.538. The van der Waals surface area contributed by atoms with Crippen molar-refractivity contribution in [3.63, 3.8) is 0 Å². The van der Waals surface area contributed by atoms with E-state index >= 15 is 0 Å². The Morgan fingerprint density at radius 2 is 2.07 bits per heavy atom. The van der Waals surface area contributed by atoms with Crippen LogP contribution in [0.4, 0.5) is 4.39 Å². The van der Waals surface area contributed by atoms with Gasteiger partial charge >= 0.3 is 0 Å². The molecule has 1 atom stereocenters. The summed E-state index contributed by atoms with van der Waals surface area (Å²) in [4.78, 5) is 0. The van der Waals surface area contributed by atoms with E-state index in [4.69, 9.17) is 0 Å². The van der Waals surface area contributed by atoms with Gasteiger partial charge in [0.1, 0.15) is 5.82 Å². The quantitative estimate of drug-likeness (QED) is 0.746. The van der Waals surface area contributed by atoms with Crippen LogP contribution in [0.3, 0.4) is 0 Å². The molecule has 0 aromatic heterocycles. The van der Waals surface area contributed by atoms with E-state index in [2.05, 4.69) is 18.3 Å². The van der Waals surface area contributed by atoms with Crippen LogP contribution < -0.4 is 5.32 Å². The number of hydrogen-bond acceptors (Lipinski definition) is 1. The van der Waals surface area contributed by atoms with Gasteiger partial charge in [0.15, 0.2) is 0 Å². The first-order valence-corrected chi connectivity index (χ1v) is 5.55. The van der Waals surface area contributed by atoms with E-state index in [1.165, 1.54) is 0 Å². The minimum Gasteiger partial charge on any atom is -0.308 e. The van der Waals surface area contributed by atoms with Gasteiger partial charge < -0.3 is 5.32 Å². The molecule has 1 heterocycles. The average Bonchev–Trinajstić information content (AvgIpc) is 2.50. The van der Waals surface area contributed by atoms with E-state index < -0.39 is 0 Å². The van der Waals surface area contributed by atoms with Gasteiger partial charge in [0.05, 0.1) is 0 Å². The Hall–Kier alpha value is -0.890. The van der Waals surface area contributed by atoms with E-state index in [1.807, 2.05) is 13.8 Å². The average molecular weight is 207 g/mol. The highest BCUT2D eigenvalue weighted by atomic mass is 19.1. The fourth-order valence-corrected chi connectivity index (χ4v) is 2.72. The topological polar surface area (TPSA) is 12.0 Å². The molecule has 0 spiro atoms.